The molecule has 0 radical (unpaired) electrons. The van der Waals surface area contributed by atoms with Crippen LogP contribution in [0.1, 0.15) is 13.8 Å². The lowest BCUT2D eigenvalue weighted by Crippen LogP contribution is -2.50. The predicted octanol–water partition coefficient (Wildman–Crippen LogP) is 2.30. The van der Waals surface area contributed by atoms with Crippen molar-refractivity contribution in [3.8, 4) is 0 Å². The molecule has 0 bridgehead atoms. The maximum absolute atomic E-state index is 5.88. The SMILES string of the molecule is CN=C(NCCSc1ccccc1)NCC1CN(CC(C)C)CCO1. The maximum Gasteiger partial charge on any atom is 0.191 e. The van der Waals surface area contributed by atoms with Crippen molar-refractivity contribution in [3.63, 3.8) is 0 Å². The maximum atomic E-state index is 5.88. The molecule has 1 aromatic carbocycles. The van der Waals surface area contributed by atoms with Crippen LogP contribution in [0.5, 0.6) is 0 Å². The number of hydrogen-bond acceptors (Lipinski definition) is 4. The standard InChI is InChI=1S/C19H32N4OS/c1-16(2)14-23-10-11-24-17(15-23)13-22-19(20-3)21-9-12-25-18-7-5-4-6-8-18/h4-8,16-17H,9-15H2,1-3H3,(H2,20,21,22). The zero-order valence-corrected chi connectivity index (χ0v) is 16.5. The van der Waals surface area contributed by atoms with E-state index in [1.54, 1.807) is 0 Å². The molecule has 0 saturated carbocycles. The first-order valence-corrected chi connectivity index (χ1v) is 10.1. The second-order valence-electron chi connectivity index (χ2n) is 6.69. The van der Waals surface area contributed by atoms with Gasteiger partial charge in [-0.3, -0.25) is 9.89 Å². The number of ether oxygens (including phenoxy) is 1. The number of benzene rings is 1. The van der Waals surface area contributed by atoms with Crippen LogP contribution in [-0.4, -0.2) is 69.1 Å². The van der Waals surface area contributed by atoms with Crippen molar-refractivity contribution in [2.75, 3.05) is 52.1 Å². The third kappa shape index (κ3) is 8.12. The zero-order valence-electron chi connectivity index (χ0n) is 15.7. The van der Waals surface area contributed by atoms with Crippen molar-refractivity contribution in [1.29, 1.82) is 0 Å². The Morgan fingerprint density at radius 2 is 2.12 bits per heavy atom. The number of aliphatic imine (C=N–C) groups is 1. The molecule has 0 aromatic heterocycles. The Kier molecular flexibility index (Phi) is 9.15. The Labute approximate surface area is 156 Å². The minimum absolute atomic E-state index is 0.227. The lowest BCUT2D eigenvalue weighted by molar-refractivity contribution is -0.0284. The van der Waals surface area contributed by atoms with Gasteiger partial charge in [-0.1, -0.05) is 32.0 Å². The fraction of sp³-hybridized carbons (Fsp3) is 0.632. The fourth-order valence-electron chi connectivity index (χ4n) is 2.87. The lowest BCUT2D eigenvalue weighted by Gasteiger charge is -2.34. The van der Waals surface area contributed by atoms with Crippen molar-refractivity contribution < 1.29 is 4.74 Å². The van der Waals surface area contributed by atoms with Gasteiger partial charge in [-0.2, -0.15) is 0 Å². The predicted molar refractivity (Wildman–Crippen MR) is 108 cm³/mol. The van der Waals surface area contributed by atoms with E-state index in [1.165, 1.54) is 4.90 Å². The number of guanidine groups is 1. The molecule has 140 valence electrons. The minimum Gasteiger partial charge on any atom is -0.374 e. The highest BCUT2D eigenvalue weighted by atomic mass is 32.2. The van der Waals surface area contributed by atoms with Crippen molar-refractivity contribution in [2.24, 2.45) is 10.9 Å². The van der Waals surface area contributed by atoms with Gasteiger partial charge in [0.1, 0.15) is 0 Å². The minimum atomic E-state index is 0.227. The molecule has 1 fully saturated rings. The van der Waals surface area contributed by atoms with Gasteiger partial charge in [0.25, 0.3) is 0 Å². The van der Waals surface area contributed by atoms with E-state index in [0.29, 0.717) is 5.92 Å². The van der Waals surface area contributed by atoms with Gasteiger partial charge in [-0.15, -0.1) is 11.8 Å². The molecular weight excluding hydrogens is 332 g/mol. The van der Waals surface area contributed by atoms with Gasteiger partial charge in [0.15, 0.2) is 5.96 Å². The quantitative estimate of drug-likeness (QED) is 0.321. The summed E-state index contributed by atoms with van der Waals surface area (Å²) in [4.78, 5) is 8.09. The molecule has 0 spiro atoms. The molecule has 1 saturated heterocycles. The van der Waals surface area contributed by atoms with Gasteiger partial charge < -0.3 is 15.4 Å². The largest absolute Gasteiger partial charge is 0.374 e. The molecule has 1 unspecified atom stereocenters. The molecule has 1 aliphatic rings. The van der Waals surface area contributed by atoms with Crippen LogP contribution in [0.15, 0.2) is 40.2 Å². The van der Waals surface area contributed by atoms with Crippen LogP contribution >= 0.6 is 11.8 Å². The van der Waals surface area contributed by atoms with Crippen molar-refractivity contribution in [2.45, 2.75) is 24.8 Å². The van der Waals surface area contributed by atoms with E-state index in [4.69, 9.17) is 4.74 Å². The molecule has 1 atom stereocenters. The van der Waals surface area contributed by atoms with Gasteiger partial charge in [-0.05, 0) is 18.1 Å². The number of morpholine rings is 1. The van der Waals surface area contributed by atoms with Crippen LogP contribution < -0.4 is 10.6 Å². The molecule has 1 aliphatic heterocycles. The number of hydrogen-bond donors (Lipinski definition) is 2. The fourth-order valence-corrected chi connectivity index (χ4v) is 3.66. The molecule has 25 heavy (non-hydrogen) atoms. The molecule has 1 aromatic rings. The Morgan fingerprint density at radius 3 is 2.84 bits per heavy atom. The van der Waals surface area contributed by atoms with Crippen LogP contribution in [0.4, 0.5) is 0 Å². The Bertz CT molecular complexity index is 509. The van der Waals surface area contributed by atoms with Crippen molar-refractivity contribution in [1.82, 2.24) is 15.5 Å². The van der Waals surface area contributed by atoms with Crippen LogP contribution in [0.3, 0.4) is 0 Å². The number of nitrogens with one attached hydrogen (secondary N) is 2. The first-order chi connectivity index (χ1) is 12.2. The van der Waals surface area contributed by atoms with Gasteiger partial charge >= 0.3 is 0 Å². The normalized spacial score (nSPS) is 19.2. The molecule has 1 heterocycles. The van der Waals surface area contributed by atoms with E-state index < -0.39 is 0 Å². The first-order valence-electron chi connectivity index (χ1n) is 9.13. The van der Waals surface area contributed by atoms with E-state index >= 15 is 0 Å². The smallest absolute Gasteiger partial charge is 0.191 e. The molecule has 2 rings (SSSR count). The summed E-state index contributed by atoms with van der Waals surface area (Å²) >= 11 is 1.85. The summed E-state index contributed by atoms with van der Waals surface area (Å²) in [6.07, 6.45) is 0.227. The Morgan fingerprint density at radius 1 is 1.32 bits per heavy atom. The van der Waals surface area contributed by atoms with Gasteiger partial charge in [0, 0.05) is 50.4 Å². The average molecular weight is 365 g/mol. The zero-order chi connectivity index (χ0) is 17.9. The average Bonchev–Trinajstić information content (AvgIpc) is 2.62. The highest BCUT2D eigenvalue weighted by molar-refractivity contribution is 7.99. The van der Waals surface area contributed by atoms with E-state index in [1.807, 2.05) is 24.9 Å². The van der Waals surface area contributed by atoms with Crippen molar-refractivity contribution in [3.05, 3.63) is 30.3 Å². The Hall–Kier alpha value is -1.24. The van der Waals surface area contributed by atoms with Gasteiger partial charge in [-0.25, -0.2) is 0 Å². The topological polar surface area (TPSA) is 48.9 Å². The second kappa shape index (κ2) is 11.4. The van der Waals surface area contributed by atoms with E-state index in [0.717, 1.165) is 51.0 Å². The second-order valence-corrected chi connectivity index (χ2v) is 7.86. The molecule has 0 amide bonds. The highest BCUT2D eigenvalue weighted by Gasteiger charge is 2.20. The third-order valence-corrected chi connectivity index (χ3v) is 4.99. The summed E-state index contributed by atoms with van der Waals surface area (Å²) in [5.41, 5.74) is 0. The van der Waals surface area contributed by atoms with E-state index in [9.17, 15) is 0 Å². The van der Waals surface area contributed by atoms with E-state index in [-0.39, 0.29) is 6.10 Å². The van der Waals surface area contributed by atoms with Crippen LogP contribution in [0.2, 0.25) is 0 Å². The summed E-state index contributed by atoms with van der Waals surface area (Å²) in [6, 6.07) is 10.5. The summed E-state index contributed by atoms with van der Waals surface area (Å²) in [5, 5.41) is 6.76. The summed E-state index contributed by atoms with van der Waals surface area (Å²) < 4.78 is 5.88. The Balaban J connectivity index is 1.63. The van der Waals surface area contributed by atoms with Crippen LogP contribution in [-0.2, 0) is 4.74 Å². The number of thioether (sulfide) groups is 1. The summed E-state index contributed by atoms with van der Waals surface area (Å²) in [6.45, 7) is 10.2. The molecule has 5 nitrogen and oxygen atoms in total. The molecule has 2 N–H and O–H groups in total. The summed E-state index contributed by atoms with van der Waals surface area (Å²) in [5.74, 6) is 2.55. The van der Waals surface area contributed by atoms with Crippen molar-refractivity contribution >= 4 is 17.7 Å². The molecular formula is C19H32N4OS. The van der Waals surface area contributed by atoms with Gasteiger partial charge in [0.2, 0.25) is 0 Å². The monoisotopic (exact) mass is 364 g/mol. The summed E-state index contributed by atoms with van der Waals surface area (Å²) in [7, 11) is 1.81. The first kappa shape index (κ1) is 20.1. The highest BCUT2D eigenvalue weighted by Crippen LogP contribution is 2.15. The van der Waals surface area contributed by atoms with E-state index in [2.05, 4.69) is 58.6 Å². The molecule has 6 heteroatoms. The van der Waals surface area contributed by atoms with Crippen LogP contribution in [0, 0.1) is 5.92 Å². The lowest BCUT2D eigenvalue weighted by atomic mass is 10.2. The number of nitrogens with zero attached hydrogens (tertiary/aromatic N) is 2. The molecule has 0 aliphatic carbocycles. The van der Waals surface area contributed by atoms with Gasteiger partial charge in [0.05, 0.1) is 12.7 Å². The van der Waals surface area contributed by atoms with Crippen LogP contribution in [0.25, 0.3) is 0 Å². The third-order valence-electron chi connectivity index (χ3n) is 3.97. The number of rotatable bonds is 8.